The first-order chi connectivity index (χ1) is 8.22. The van der Waals surface area contributed by atoms with Crippen molar-refractivity contribution in [3.8, 4) is 0 Å². The molecule has 0 spiro atoms. The second-order valence-corrected chi connectivity index (χ2v) is 4.60. The van der Waals surface area contributed by atoms with E-state index in [9.17, 15) is 4.79 Å². The molecule has 1 fully saturated rings. The maximum atomic E-state index is 12.1. The van der Waals surface area contributed by atoms with Crippen molar-refractivity contribution < 1.29 is 4.74 Å². The molecule has 0 amide bonds. The van der Waals surface area contributed by atoms with Crippen LogP contribution in [0.4, 0.5) is 0 Å². The topological polar surface area (TPSA) is 44.1 Å². The fraction of sp³-hybridized carbons (Fsp3) is 0.692. The van der Waals surface area contributed by atoms with E-state index < -0.39 is 0 Å². The van der Waals surface area contributed by atoms with Gasteiger partial charge in [0.15, 0.2) is 0 Å². The predicted octanol–water partition coefficient (Wildman–Crippen LogP) is 1.86. The lowest BCUT2D eigenvalue weighted by molar-refractivity contribution is 0.0677. The minimum absolute atomic E-state index is 0.0906. The number of aryl methyl sites for hydroxylation is 2. The van der Waals surface area contributed by atoms with Gasteiger partial charge in [-0.3, -0.25) is 9.36 Å². The number of ether oxygens (including phenoxy) is 1. The van der Waals surface area contributed by atoms with Crippen LogP contribution in [0.2, 0.25) is 0 Å². The highest BCUT2D eigenvalue weighted by atomic mass is 16.5. The van der Waals surface area contributed by atoms with Gasteiger partial charge in [0.05, 0.1) is 0 Å². The third-order valence-electron chi connectivity index (χ3n) is 3.24. The summed E-state index contributed by atoms with van der Waals surface area (Å²) in [5.41, 5.74) is 1.01. The summed E-state index contributed by atoms with van der Waals surface area (Å²) in [4.78, 5) is 16.6. The number of aromatic nitrogens is 2. The number of nitrogens with zero attached hydrogens (tertiary/aromatic N) is 2. The van der Waals surface area contributed by atoms with Crippen LogP contribution in [0, 0.1) is 6.92 Å². The molecule has 1 aromatic heterocycles. The van der Waals surface area contributed by atoms with Crippen molar-refractivity contribution in [2.75, 3.05) is 13.2 Å². The Morgan fingerprint density at radius 1 is 1.47 bits per heavy atom. The van der Waals surface area contributed by atoms with E-state index in [0.717, 1.165) is 50.4 Å². The lowest BCUT2D eigenvalue weighted by atomic mass is 10.1. The van der Waals surface area contributed by atoms with E-state index in [0.29, 0.717) is 0 Å². The summed E-state index contributed by atoms with van der Waals surface area (Å²) in [6, 6.07) is 1.95. The second-order valence-electron chi connectivity index (χ2n) is 4.60. The van der Waals surface area contributed by atoms with E-state index in [2.05, 4.69) is 11.9 Å². The van der Waals surface area contributed by atoms with E-state index in [-0.39, 0.29) is 11.6 Å². The minimum Gasteiger partial charge on any atom is -0.381 e. The van der Waals surface area contributed by atoms with Gasteiger partial charge >= 0.3 is 0 Å². The Bertz CT molecular complexity index is 434. The quantitative estimate of drug-likeness (QED) is 0.804. The first kappa shape index (κ1) is 12.3. The Kier molecular flexibility index (Phi) is 3.94. The fourth-order valence-electron chi connectivity index (χ4n) is 2.44. The molecule has 0 bridgehead atoms. The zero-order valence-electron chi connectivity index (χ0n) is 10.6. The Labute approximate surface area is 102 Å². The van der Waals surface area contributed by atoms with Gasteiger partial charge in [0.25, 0.3) is 5.56 Å². The molecular formula is C13H20N2O2. The molecule has 0 atom stereocenters. The summed E-state index contributed by atoms with van der Waals surface area (Å²) in [6.07, 6.45) is 3.73. The van der Waals surface area contributed by atoms with Crippen LogP contribution in [-0.2, 0) is 11.2 Å². The molecule has 1 aromatic rings. The lowest BCUT2D eigenvalue weighted by Gasteiger charge is -2.25. The lowest BCUT2D eigenvalue weighted by Crippen LogP contribution is -2.31. The Balaban J connectivity index is 2.30. The van der Waals surface area contributed by atoms with Gasteiger partial charge in [0, 0.05) is 31.0 Å². The third-order valence-corrected chi connectivity index (χ3v) is 3.24. The van der Waals surface area contributed by atoms with Crippen LogP contribution in [0.3, 0.4) is 0 Å². The Morgan fingerprint density at radius 2 is 2.18 bits per heavy atom. The van der Waals surface area contributed by atoms with Crippen LogP contribution in [0.25, 0.3) is 0 Å². The molecular weight excluding hydrogens is 216 g/mol. The zero-order valence-corrected chi connectivity index (χ0v) is 10.6. The van der Waals surface area contributed by atoms with Gasteiger partial charge in [0.2, 0.25) is 0 Å². The summed E-state index contributed by atoms with van der Waals surface area (Å²) in [7, 11) is 0. The SMILES string of the molecule is CCCc1cc(=O)n(C2CCOCC2)c(C)n1. The molecule has 0 N–H and O–H groups in total. The number of hydrogen-bond acceptors (Lipinski definition) is 3. The van der Waals surface area contributed by atoms with Crippen molar-refractivity contribution in [2.24, 2.45) is 0 Å². The number of hydrogen-bond donors (Lipinski definition) is 0. The normalized spacial score (nSPS) is 17.3. The third kappa shape index (κ3) is 2.75. The smallest absolute Gasteiger partial charge is 0.253 e. The fourth-order valence-corrected chi connectivity index (χ4v) is 2.44. The van der Waals surface area contributed by atoms with E-state index in [1.54, 1.807) is 6.07 Å². The summed E-state index contributed by atoms with van der Waals surface area (Å²) in [5.74, 6) is 0.841. The maximum absolute atomic E-state index is 12.1. The average molecular weight is 236 g/mol. The highest BCUT2D eigenvalue weighted by Gasteiger charge is 2.19. The van der Waals surface area contributed by atoms with Crippen LogP contribution in [-0.4, -0.2) is 22.8 Å². The van der Waals surface area contributed by atoms with Crippen molar-refractivity contribution in [2.45, 2.75) is 45.6 Å². The first-order valence-corrected chi connectivity index (χ1v) is 6.39. The van der Waals surface area contributed by atoms with Crippen molar-refractivity contribution in [1.29, 1.82) is 0 Å². The van der Waals surface area contributed by atoms with Gasteiger partial charge in [-0.1, -0.05) is 13.3 Å². The predicted molar refractivity (Wildman–Crippen MR) is 66.3 cm³/mol. The highest BCUT2D eigenvalue weighted by Crippen LogP contribution is 2.20. The van der Waals surface area contributed by atoms with Gasteiger partial charge in [-0.15, -0.1) is 0 Å². The Morgan fingerprint density at radius 3 is 2.76 bits per heavy atom. The van der Waals surface area contributed by atoms with Crippen LogP contribution in [0.5, 0.6) is 0 Å². The van der Waals surface area contributed by atoms with E-state index in [1.165, 1.54) is 0 Å². The van der Waals surface area contributed by atoms with Gasteiger partial charge in [-0.05, 0) is 26.2 Å². The first-order valence-electron chi connectivity index (χ1n) is 6.39. The largest absolute Gasteiger partial charge is 0.381 e. The average Bonchev–Trinajstić information content (AvgIpc) is 2.30. The molecule has 0 radical (unpaired) electrons. The number of rotatable bonds is 3. The van der Waals surface area contributed by atoms with Crippen molar-refractivity contribution in [3.63, 3.8) is 0 Å². The monoisotopic (exact) mass is 236 g/mol. The molecule has 2 heterocycles. The summed E-state index contributed by atoms with van der Waals surface area (Å²) in [6.45, 7) is 5.51. The molecule has 1 aliphatic rings. The van der Waals surface area contributed by atoms with Gasteiger partial charge in [0.1, 0.15) is 5.82 Å². The molecule has 4 nitrogen and oxygen atoms in total. The molecule has 2 rings (SSSR count). The summed E-state index contributed by atoms with van der Waals surface area (Å²) < 4.78 is 7.16. The van der Waals surface area contributed by atoms with Crippen LogP contribution < -0.4 is 5.56 Å². The van der Waals surface area contributed by atoms with Crippen molar-refractivity contribution in [3.05, 3.63) is 27.9 Å². The maximum Gasteiger partial charge on any atom is 0.253 e. The molecule has 0 aromatic carbocycles. The molecule has 17 heavy (non-hydrogen) atoms. The van der Waals surface area contributed by atoms with Gasteiger partial charge < -0.3 is 4.74 Å². The van der Waals surface area contributed by atoms with Gasteiger partial charge in [-0.2, -0.15) is 0 Å². The Hall–Kier alpha value is -1.16. The minimum atomic E-state index is 0.0906. The van der Waals surface area contributed by atoms with Gasteiger partial charge in [-0.25, -0.2) is 4.98 Å². The molecule has 4 heteroatoms. The standard InChI is InChI=1S/C13H20N2O2/c1-3-4-11-9-13(16)15(10(2)14-11)12-5-7-17-8-6-12/h9,12H,3-8H2,1-2H3. The summed E-state index contributed by atoms with van der Waals surface area (Å²) in [5, 5.41) is 0. The molecule has 94 valence electrons. The molecule has 0 saturated carbocycles. The van der Waals surface area contributed by atoms with Crippen LogP contribution in [0.1, 0.15) is 43.7 Å². The molecule has 0 unspecified atom stereocenters. The molecule has 1 aliphatic heterocycles. The van der Waals surface area contributed by atoms with E-state index in [4.69, 9.17) is 4.74 Å². The van der Waals surface area contributed by atoms with E-state index in [1.807, 2.05) is 11.5 Å². The molecule has 1 saturated heterocycles. The van der Waals surface area contributed by atoms with Crippen molar-refractivity contribution >= 4 is 0 Å². The van der Waals surface area contributed by atoms with Crippen molar-refractivity contribution in [1.82, 2.24) is 9.55 Å². The summed E-state index contributed by atoms with van der Waals surface area (Å²) >= 11 is 0. The zero-order chi connectivity index (χ0) is 12.3. The van der Waals surface area contributed by atoms with E-state index >= 15 is 0 Å². The highest BCUT2D eigenvalue weighted by molar-refractivity contribution is 5.05. The van der Waals surface area contributed by atoms with Crippen LogP contribution in [0.15, 0.2) is 10.9 Å². The second kappa shape index (κ2) is 5.45. The van der Waals surface area contributed by atoms with Crippen LogP contribution >= 0.6 is 0 Å². The molecule has 0 aliphatic carbocycles.